The minimum atomic E-state index is 0.657. The van der Waals surface area contributed by atoms with E-state index in [-0.39, 0.29) is 0 Å². The van der Waals surface area contributed by atoms with Gasteiger partial charge in [-0.1, -0.05) is 126 Å². The molecule has 6 heterocycles. The standard InChI is InChI=1S/C65H58N4O3S/c1-43-13-19-46(20-14-43)62-53-29-31-55(66-53)63(47-21-15-44(2)16-22-47)57-33-35-59(68-57)65(60-36-34-58(69-60)64(56-32-30-54(62)67-56)48-23-17-45(3)18-24-48)49-25-27-51(28-26-49)71-39-10-5-4-9-38-70-40-37-50-41-73-42-61(50)72-52-11-7-6-8-12-52/h6-8,11-36,41-42,66,69H,4-5,9-10,37-40H2,1-3H3. The number of aromatic amines is 2. The van der Waals surface area contributed by atoms with Gasteiger partial charge in [-0.05, 0) is 141 Å². The second kappa shape index (κ2) is 21.8. The first-order chi connectivity index (χ1) is 35.9. The Bertz CT molecular complexity index is 3560. The number of unbranched alkanes of at least 4 members (excludes halogenated alkanes) is 3. The zero-order valence-corrected chi connectivity index (χ0v) is 42.4. The lowest BCUT2D eigenvalue weighted by Gasteiger charge is -2.09. The number of hydrogen-bond acceptors (Lipinski definition) is 6. The van der Waals surface area contributed by atoms with Crippen molar-refractivity contribution in [3.05, 3.63) is 207 Å². The quantitative estimate of drug-likeness (QED) is 0.0888. The van der Waals surface area contributed by atoms with E-state index in [4.69, 9.17) is 24.2 Å². The predicted octanol–water partition coefficient (Wildman–Crippen LogP) is 17.3. The summed E-state index contributed by atoms with van der Waals surface area (Å²) in [5.41, 5.74) is 20.6. The summed E-state index contributed by atoms with van der Waals surface area (Å²) in [6, 6.07) is 53.3. The van der Waals surface area contributed by atoms with Gasteiger partial charge in [-0.15, -0.1) is 11.3 Å². The number of ether oxygens (including phenoxy) is 3. The Morgan fingerprint density at radius 2 is 0.836 bits per heavy atom. The molecule has 362 valence electrons. The molecule has 8 bridgehead atoms. The molecule has 11 rings (SSSR count). The topological polar surface area (TPSA) is 85.1 Å². The zero-order valence-electron chi connectivity index (χ0n) is 41.6. The summed E-state index contributed by atoms with van der Waals surface area (Å²) in [7, 11) is 0. The summed E-state index contributed by atoms with van der Waals surface area (Å²) >= 11 is 1.66. The van der Waals surface area contributed by atoms with Gasteiger partial charge in [0.25, 0.3) is 0 Å². The summed E-state index contributed by atoms with van der Waals surface area (Å²) in [4.78, 5) is 18.7. The van der Waals surface area contributed by atoms with E-state index >= 15 is 0 Å². The van der Waals surface area contributed by atoms with Gasteiger partial charge in [0.2, 0.25) is 0 Å². The van der Waals surface area contributed by atoms with Gasteiger partial charge in [0.05, 0.1) is 36.0 Å². The predicted molar refractivity (Wildman–Crippen MR) is 304 cm³/mol. The van der Waals surface area contributed by atoms with E-state index in [1.54, 1.807) is 11.3 Å². The van der Waals surface area contributed by atoms with Crippen LogP contribution in [0.1, 0.15) is 70.7 Å². The third kappa shape index (κ3) is 10.8. The average Bonchev–Trinajstić information content (AvgIpc) is 4.30. The molecule has 0 atom stereocenters. The summed E-state index contributed by atoms with van der Waals surface area (Å²) < 4.78 is 18.4. The van der Waals surface area contributed by atoms with E-state index in [0.29, 0.717) is 13.2 Å². The number of fused-ring (bicyclic) bond motifs is 8. The Hall–Kier alpha value is -8.04. The van der Waals surface area contributed by atoms with Gasteiger partial charge in [0.1, 0.15) is 17.2 Å². The van der Waals surface area contributed by atoms with Gasteiger partial charge in [0.15, 0.2) is 0 Å². The molecule has 0 aliphatic carbocycles. The SMILES string of the molecule is Cc1ccc(-c2c3nc(c(-c4ccc(C)cc4)c4ccc([nH]4)c(-c4ccc(OCCCCCCOCCc5cscc5Oc5ccccc5)cc4)c4nc(c(-c5ccc(C)cc5)c5ccc2[nH]5)C=C4)C=C3)cc1. The third-order valence-electron chi connectivity index (χ3n) is 13.6. The Kier molecular flexibility index (Phi) is 14.1. The Labute approximate surface area is 431 Å². The first-order valence-corrected chi connectivity index (χ1v) is 26.3. The molecule has 0 saturated carbocycles. The molecule has 0 saturated heterocycles. The molecular formula is C65H58N4O3S. The number of hydrogen-bond donors (Lipinski definition) is 2. The summed E-state index contributed by atoms with van der Waals surface area (Å²) in [5, 5.41) is 4.22. The molecule has 0 fully saturated rings. The maximum atomic E-state index is 6.32. The Morgan fingerprint density at radius 1 is 0.411 bits per heavy atom. The van der Waals surface area contributed by atoms with E-state index in [1.807, 2.05) is 30.3 Å². The van der Waals surface area contributed by atoms with Crippen LogP contribution in [0.5, 0.6) is 17.2 Å². The second-order valence-electron chi connectivity index (χ2n) is 18.9. The van der Waals surface area contributed by atoms with Crippen LogP contribution in [0.15, 0.2) is 162 Å². The summed E-state index contributed by atoms with van der Waals surface area (Å²) in [5.74, 6) is 2.62. The van der Waals surface area contributed by atoms with Gasteiger partial charge in [-0.3, -0.25) is 0 Å². The molecule has 9 aromatic rings. The molecule has 7 nitrogen and oxygen atoms in total. The fraction of sp³-hybridized carbons (Fsp3) is 0.169. The lowest BCUT2D eigenvalue weighted by Crippen LogP contribution is -2.01. The molecule has 8 heteroatoms. The lowest BCUT2D eigenvalue weighted by atomic mass is 10.0. The number of H-pyrrole nitrogens is 2. The van der Waals surface area contributed by atoms with Gasteiger partial charge in [0, 0.05) is 68.3 Å². The normalized spacial score (nSPS) is 11.9. The van der Waals surface area contributed by atoms with Crippen molar-refractivity contribution >= 4 is 57.7 Å². The highest BCUT2D eigenvalue weighted by Gasteiger charge is 2.19. The molecule has 4 aromatic heterocycles. The van der Waals surface area contributed by atoms with Crippen LogP contribution in [0.2, 0.25) is 0 Å². The van der Waals surface area contributed by atoms with Crippen molar-refractivity contribution in [1.82, 2.24) is 19.9 Å². The minimum absolute atomic E-state index is 0.657. The van der Waals surface area contributed by atoms with Crippen LogP contribution < -0.4 is 9.47 Å². The molecule has 2 aliphatic rings. The first kappa shape index (κ1) is 47.3. The zero-order chi connectivity index (χ0) is 49.5. The highest BCUT2D eigenvalue weighted by molar-refractivity contribution is 7.08. The summed E-state index contributed by atoms with van der Waals surface area (Å²) in [6.07, 6.45) is 13.6. The number of thiophene rings is 1. The van der Waals surface area contributed by atoms with Crippen LogP contribution >= 0.6 is 11.3 Å². The number of rotatable bonds is 17. The van der Waals surface area contributed by atoms with Crippen molar-refractivity contribution in [2.45, 2.75) is 52.9 Å². The van der Waals surface area contributed by atoms with Crippen molar-refractivity contribution < 1.29 is 14.2 Å². The van der Waals surface area contributed by atoms with Crippen LogP contribution in [0, 0.1) is 20.8 Å². The number of benzene rings is 5. The van der Waals surface area contributed by atoms with Crippen molar-refractivity contribution in [1.29, 1.82) is 0 Å². The smallest absolute Gasteiger partial charge is 0.141 e. The molecule has 0 amide bonds. The van der Waals surface area contributed by atoms with Crippen LogP contribution in [0.4, 0.5) is 0 Å². The van der Waals surface area contributed by atoms with Gasteiger partial charge in [-0.25, -0.2) is 9.97 Å². The second-order valence-corrected chi connectivity index (χ2v) is 19.7. The van der Waals surface area contributed by atoms with Crippen molar-refractivity contribution in [2.24, 2.45) is 0 Å². The maximum absolute atomic E-state index is 6.32. The number of aromatic nitrogens is 4. The lowest BCUT2D eigenvalue weighted by molar-refractivity contribution is 0.132. The molecule has 2 N–H and O–H groups in total. The van der Waals surface area contributed by atoms with E-state index in [0.717, 1.165) is 145 Å². The number of nitrogens with zero attached hydrogens (tertiary/aromatic N) is 2. The fourth-order valence-electron chi connectivity index (χ4n) is 9.63. The Balaban J connectivity index is 0.881. The number of aryl methyl sites for hydroxylation is 3. The number of nitrogens with one attached hydrogen (secondary N) is 2. The van der Waals surface area contributed by atoms with Crippen molar-refractivity contribution in [2.75, 3.05) is 19.8 Å². The van der Waals surface area contributed by atoms with E-state index in [9.17, 15) is 0 Å². The van der Waals surface area contributed by atoms with Crippen LogP contribution in [-0.2, 0) is 11.2 Å². The van der Waals surface area contributed by atoms with Gasteiger partial charge < -0.3 is 24.2 Å². The van der Waals surface area contributed by atoms with Gasteiger partial charge >= 0.3 is 0 Å². The molecule has 73 heavy (non-hydrogen) atoms. The molecule has 5 aromatic carbocycles. The highest BCUT2D eigenvalue weighted by atomic mass is 32.1. The van der Waals surface area contributed by atoms with Crippen LogP contribution in [0.25, 0.3) is 90.9 Å². The minimum Gasteiger partial charge on any atom is -0.494 e. The average molecular weight is 975 g/mol. The monoisotopic (exact) mass is 974 g/mol. The number of para-hydroxylation sites is 1. The van der Waals surface area contributed by atoms with Crippen LogP contribution in [-0.4, -0.2) is 39.8 Å². The fourth-order valence-corrected chi connectivity index (χ4v) is 10.4. The molecule has 2 aliphatic heterocycles. The van der Waals surface area contributed by atoms with E-state index in [2.05, 4.69) is 187 Å². The van der Waals surface area contributed by atoms with Crippen LogP contribution in [0.3, 0.4) is 0 Å². The highest BCUT2D eigenvalue weighted by Crippen LogP contribution is 2.39. The van der Waals surface area contributed by atoms with E-state index < -0.39 is 0 Å². The summed E-state index contributed by atoms with van der Waals surface area (Å²) in [6.45, 7) is 8.47. The Morgan fingerprint density at radius 3 is 1.29 bits per heavy atom. The first-order valence-electron chi connectivity index (χ1n) is 25.4. The largest absolute Gasteiger partial charge is 0.494 e. The third-order valence-corrected chi connectivity index (χ3v) is 14.3. The molecule has 0 spiro atoms. The van der Waals surface area contributed by atoms with Gasteiger partial charge in [-0.2, -0.15) is 0 Å². The van der Waals surface area contributed by atoms with Crippen molar-refractivity contribution in [3.63, 3.8) is 0 Å². The molecular weight excluding hydrogens is 917 g/mol. The molecule has 0 unspecified atom stereocenters. The maximum Gasteiger partial charge on any atom is 0.141 e. The molecule has 0 radical (unpaired) electrons. The van der Waals surface area contributed by atoms with E-state index in [1.165, 1.54) is 22.3 Å². The van der Waals surface area contributed by atoms with Crippen molar-refractivity contribution in [3.8, 4) is 61.8 Å².